The summed E-state index contributed by atoms with van der Waals surface area (Å²) in [5.41, 5.74) is 3.12. The van der Waals surface area contributed by atoms with E-state index in [-0.39, 0.29) is 12.3 Å². The third-order valence-electron chi connectivity index (χ3n) is 4.88. The molecule has 0 saturated carbocycles. The molecule has 3 heterocycles. The second-order valence-electron chi connectivity index (χ2n) is 6.62. The second-order valence-corrected chi connectivity index (χ2v) is 7.05. The fraction of sp³-hybridized carbons (Fsp3) is 0.190. The van der Waals surface area contributed by atoms with Crippen molar-refractivity contribution in [3.63, 3.8) is 0 Å². The topological polar surface area (TPSA) is 38.0 Å². The smallest absolute Gasteiger partial charge is 0.213 e. The Morgan fingerprint density at radius 1 is 1.04 bits per heavy atom. The maximum Gasteiger partial charge on any atom is 0.213 e. The third-order valence-corrected chi connectivity index (χ3v) is 5.13. The maximum atomic E-state index is 6.31. The lowest BCUT2D eigenvalue weighted by Crippen LogP contribution is -2.33. The van der Waals surface area contributed by atoms with E-state index in [9.17, 15) is 0 Å². The van der Waals surface area contributed by atoms with Crippen molar-refractivity contribution in [3.05, 3.63) is 88.3 Å². The Labute approximate surface area is 156 Å². The summed E-state index contributed by atoms with van der Waals surface area (Å²) < 4.78 is 12.1. The number of nitrogens with zero attached hydrogens (tertiary/aromatic N) is 2. The summed E-state index contributed by atoms with van der Waals surface area (Å²) in [6.45, 7) is 1.95. The van der Waals surface area contributed by atoms with Gasteiger partial charge >= 0.3 is 0 Å². The van der Waals surface area contributed by atoms with E-state index >= 15 is 0 Å². The van der Waals surface area contributed by atoms with Crippen molar-refractivity contribution >= 4 is 17.3 Å². The van der Waals surface area contributed by atoms with Gasteiger partial charge in [0.1, 0.15) is 23.0 Å². The van der Waals surface area contributed by atoms with Crippen molar-refractivity contribution < 1.29 is 9.15 Å². The van der Waals surface area contributed by atoms with Gasteiger partial charge in [-0.25, -0.2) is 5.01 Å². The molecule has 2 aromatic carbocycles. The van der Waals surface area contributed by atoms with E-state index in [4.69, 9.17) is 25.9 Å². The SMILES string of the molecule is Cc1ccc(C2=NN3C(C2)c2ccccc2OC3c2ccc(Cl)cc2)o1. The highest BCUT2D eigenvalue weighted by Gasteiger charge is 2.41. The number of para-hydroxylation sites is 1. The van der Waals surface area contributed by atoms with Gasteiger partial charge in [-0.3, -0.25) is 0 Å². The van der Waals surface area contributed by atoms with Crippen LogP contribution in [0.15, 0.2) is 70.2 Å². The Hall–Kier alpha value is -2.72. The minimum atomic E-state index is -0.291. The summed E-state index contributed by atoms with van der Waals surface area (Å²) in [6, 6.07) is 20.0. The molecule has 5 heteroatoms. The average molecular weight is 365 g/mol. The van der Waals surface area contributed by atoms with Crippen LogP contribution in [0, 0.1) is 6.92 Å². The van der Waals surface area contributed by atoms with Gasteiger partial charge in [0.15, 0.2) is 0 Å². The Balaban J connectivity index is 1.59. The molecular formula is C21H17ClN2O2. The average Bonchev–Trinajstić information content (AvgIpc) is 3.28. The van der Waals surface area contributed by atoms with Crippen LogP contribution in [0.4, 0.5) is 0 Å². The Morgan fingerprint density at radius 3 is 2.62 bits per heavy atom. The van der Waals surface area contributed by atoms with Gasteiger partial charge in [-0.05, 0) is 37.3 Å². The first-order chi connectivity index (χ1) is 12.7. The zero-order valence-electron chi connectivity index (χ0n) is 14.2. The van der Waals surface area contributed by atoms with E-state index in [2.05, 4.69) is 6.07 Å². The number of hydrogen-bond donors (Lipinski definition) is 0. The standard InChI is InChI=1S/C21H17ClN2O2/c1-13-6-11-20(25-13)17-12-18-16-4-2-3-5-19(16)26-21(24(18)23-17)14-7-9-15(22)10-8-14/h2-11,18,21H,12H2,1H3. The first-order valence-corrected chi connectivity index (χ1v) is 9.00. The minimum Gasteiger partial charge on any atom is -0.464 e. The first-order valence-electron chi connectivity index (χ1n) is 8.63. The van der Waals surface area contributed by atoms with Crippen molar-refractivity contribution in [3.8, 4) is 5.75 Å². The highest BCUT2D eigenvalue weighted by Crippen LogP contribution is 2.47. The molecule has 2 atom stereocenters. The molecule has 0 bridgehead atoms. The van der Waals surface area contributed by atoms with E-state index in [0.29, 0.717) is 5.02 Å². The molecule has 0 amide bonds. The molecule has 1 aromatic heterocycles. The van der Waals surface area contributed by atoms with Crippen LogP contribution in [0.5, 0.6) is 5.75 Å². The Kier molecular flexibility index (Phi) is 3.54. The molecule has 2 unspecified atom stereocenters. The molecule has 0 aliphatic carbocycles. The highest BCUT2D eigenvalue weighted by molar-refractivity contribution is 6.30. The number of hydrazone groups is 1. The van der Waals surface area contributed by atoms with Crippen molar-refractivity contribution in [1.82, 2.24) is 5.01 Å². The van der Waals surface area contributed by atoms with Crippen LogP contribution >= 0.6 is 11.6 Å². The molecule has 5 rings (SSSR count). The first kappa shape index (κ1) is 15.5. The van der Waals surface area contributed by atoms with Gasteiger partial charge < -0.3 is 9.15 Å². The number of furan rings is 1. The zero-order valence-corrected chi connectivity index (χ0v) is 15.0. The number of benzene rings is 2. The summed E-state index contributed by atoms with van der Waals surface area (Å²) in [5.74, 6) is 2.61. The maximum absolute atomic E-state index is 6.31. The predicted molar refractivity (Wildman–Crippen MR) is 100 cm³/mol. The lowest BCUT2D eigenvalue weighted by molar-refractivity contribution is -0.0190. The van der Waals surface area contributed by atoms with Crippen LogP contribution in [-0.4, -0.2) is 10.7 Å². The summed E-state index contributed by atoms with van der Waals surface area (Å²) in [6.07, 6.45) is 0.498. The zero-order chi connectivity index (χ0) is 17.7. The molecule has 2 aliphatic rings. The van der Waals surface area contributed by atoms with Crippen molar-refractivity contribution in [2.45, 2.75) is 25.6 Å². The largest absolute Gasteiger partial charge is 0.464 e. The summed E-state index contributed by atoms with van der Waals surface area (Å²) >= 11 is 6.05. The van der Waals surface area contributed by atoms with Crippen LogP contribution in [0.2, 0.25) is 5.02 Å². The molecule has 0 spiro atoms. The molecule has 2 aliphatic heterocycles. The van der Waals surface area contributed by atoms with Gasteiger partial charge in [0.25, 0.3) is 0 Å². The van der Waals surface area contributed by atoms with Gasteiger partial charge in [-0.15, -0.1) is 0 Å². The monoisotopic (exact) mass is 364 g/mol. The van der Waals surface area contributed by atoms with Crippen molar-refractivity contribution in [2.24, 2.45) is 5.10 Å². The van der Waals surface area contributed by atoms with Crippen LogP contribution in [0.3, 0.4) is 0 Å². The lowest BCUT2D eigenvalue weighted by atomic mass is 9.97. The van der Waals surface area contributed by atoms with Gasteiger partial charge in [-0.2, -0.15) is 5.10 Å². The van der Waals surface area contributed by atoms with E-state index in [1.807, 2.05) is 66.5 Å². The Bertz CT molecular complexity index is 993. The summed E-state index contributed by atoms with van der Waals surface area (Å²) in [7, 11) is 0. The number of fused-ring (bicyclic) bond motifs is 3. The molecule has 130 valence electrons. The van der Waals surface area contributed by atoms with E-state index in [1.165, 1.54) is 0 Å². The van der Waals surface area contributed by atoms with Crippen LogP contribution in [-0.2, 0) is 0 Å². The Morgan fingerprint density at radius 2 is 1.85 bits per heavy atom. The molecule has 4 nitrogen and oxygen atoms in total. The second kappa shape index (κ2) is 5.92. The van der Waals surface area contributed by atoms with Crippen molar-refractivity contribution in [1.29, 1.82) is 0 Å². The van der Waals surface area contributed by atoms with Crippen LogP contribution in [0.25, 0.3) is 0 Å². The number of rotatable bonds is 2. The molecule has 3 aromatic rings. The fourth-order valence-electron chi connectivity index (χ4n) is 3.62. The van der Waals surface area contributed by atoms with Gasteiger partial charge in [0.05, 0.1) is 6.04 Å². The molecule has 26 heavy (non-hydrogen) atoms. The normalized spacial score (nSPS) is 21.0. The molecular weight excluding hydrogens is 348 g/mol. The number of aryl methyl sites for hydroxylation is 1. The summed E-state index contributed by atoms with van der Waals surface area (Å²) in [5, 5.41) is 7.62. The molecule has 0 radical (unpaired) electrons. The third kappa shape index (κ3) is 2.49. The number of hydrogen-bond acceptors (Lipinski definition) is 4. The van der Waals surface area contributed by atoms with Gasteiger partial charge in [0, 0.05) is 22.6 Å². The predicted octanol–water partition coefficient (Wildman–Crippen LogP) is 5.48. The van der Waals surface area contributed by atoms with Crippen LogP contribution in [0.1, 0.15) is 41.3 Å². The molecule has 0 saturated heterocycles. The number of halogens is 1. The lowest BCUT2D eigenvalue weighted by Gasteiger charge is -2.38. The van der Waals surface area contributed by atoms with E-state index < -0.39 is 0 Å². The summed E-state index contributed by atoms with van der Waals surface area (Å²) in [4.78, 5) is 0. The molecule has 0 fully saturated rings. The van der Waals surface area contributed by atoms with Gasteiger partial charge in [-0.1, -0.05) is 41.9 Å². The van der Waals surface area contributed by atoms with Crippen molar-refractivity contribution in [2.75, 3.05) is 0 Å². The van der Waals surface area contributed by atoms with E-state index in [0.717, 1.165) is 40.5 Å². The van der Waals surface area contributed by atoms with E-state index in [1.54, 1.807) is 0 Å². The van der Waals surface area contributed by atoms with Crippen LogP contribution < -0.4 is 4.74 Å². The van der Waals surface area contributed by atoms with Gasteiger partial charge in [0.2, 0.25) is 6.23 Å². The number of ether oxygens (including phenoxy) is 1. The highest BCUT2D eigenvalue weighted by atomic mass is 35.5. The minimum absolute atomic E-state index is 0.126. The quantitative estimate of drug-likeness (QED) is 0.604. The fourth-order valence-corrected chi connectivity index (χ4v) is 3.75. The molecule has 0 N–H and O–H groups in total.